The first-order valence-electron chi connectivity index (χ1n) is 12.1. The second-order valence-electron chi connectivity index (χ2n) is 10.0. The van der Waals surface area contributed by atoms with E-state index < -0.39 is 0 Å². The van der Waals surface area contributed by atoms with E-state index in [0.717, 1.165) is 58.2 Å². The van der Waals surface area contributed by atoms with Gasteiger partial charge in [-0.25, -0.2) is 4.79 Å². The second-order valence-corrected chi connectivity index (χ2v) is 10.0. The summed E-state index contributed by atoms with van der Waals surface area (Å²) in [6.07, 6.45) is 3.33. The van der Waals surface area contributed by atoms with Crippen molar-refractivity contribution in [1.82, 2.24) is 29.2 Å². The van der Waals surface area contributed by atoms with Crippen LogP contribution in [0.25, 0.3) is 33.2 Å². The van der Waals surface area contributed by atoms with E-state index in [2.05, 4.69) is 32.2 Å². The van der Waals surface area contributed by atoms with Gasteiger partial charge in [0.1, 0.15) is 5.52 Å². The molecular formula is C26H30N6O2. The van der Waals surface area contributed by atoms with Gasteiger partial charge in [-0.1, -0.05) is 12.1 Å². The van der Waals surface area contributed by atoms with Crippen molar-refractivity contribution >= 4 is 22.1 Å². The Kier molecular flexibility index (Phi) is 5.22. The van der Waals surface area contributed by atoms with E-state index in [1.54, 1.807) is 16.2 Å². The molecule has 4 heterocycles. The molecular weight excluding hydrogens is 428 g/mol. The lowest BCUT2D eigenvalue weighted by Crippen LogP contribution is -2.26. The minimum atomic E-state index is -0.0789. The molecule has 8 heteroatoms. The van der Waals surface area contributed by atoms with E-state index in [1.165, 1.54) is 19.5 Å². The van der Waals surface area contributed by atoms with E-state index in [1.807, 2.05) is 38.2 Å². The van der Waals surface area contributed by atoms with Crippen LogP contribution in [0.15, 0.2) is 41.3 Å². The quantitative estimate of drug-likeness (QED) is 0.395. The molecule has 1 saturated heterocycles. The molecule has 3 aromatic heterocycles. The highest BCUT2D eigenvalue weighted by Gasteiger charge is 2.44. The lowest BCUT2D eigenvalue weighted by Gasteiger charge is -2.16. The monoisotopic (exact) mass is 458 g/mol. The van der Waals surface area contributed by atoms with E-state index in [9.17, 15) is 4.79 Å². The second kappa shape index (κ2) is 8.29. The van der Waals surface area contributed by atoms with Crippen molar-refractivity contribution in [1.29, 1.82) is 0 Å². The third-order valence-corrected chi connectivity index (χ3v) is 7.30. The van der Waals surface area contributed by atoms with Gasteiger partial charge in [0, 0.05) is 49.9 Å². The Morgan fingerprint density at radius 3 is 2.62 bits per heavy atom. The summed E-state index contributed by atoms with van der Waals surface area (Å²) in [7, 11) is 1.74. The normalized spacial score (nSPS) is 20.0. The molecule has 1 aliphatic carbocycles. The fraction of sp³-hybridized carbons (Fsp3) is 0.462. The Hall–Kier alpha value is -3.10. The smallest absolute Gasteiger partial charge is 0.330 e. The Labute approximate surface area is 198 Å². The number of aromatic nitrogens is 5. The molecule has 0 N–H and O–H groups in total. The molecule has 1 aromatic carbocycles. The first kappa shape index (κ1) is 21.4. The Morgan fingerprint density at radius 1 is 1.09 bits per heavy atom. The summed E-state index contributed by atoms with van der Waals surface area (Å²) in [5, 5.41) is 9.58. The Bertz CT molecular complexity index is 1410. The van der Waals surface area contributed by atoms with Gasteiger partial charge < -0.3 is 9.64 Å². The zero-order valence-corrected chi connectivity index (χ0v) is 19.9. The number of rotatable bonds is 7. The molecule has 6 rings (SSSR count). The minimum absolute atomic E-state index is 0.0179. The lowest BCUT2D eigenvalue weighted by atomic mass is 10.0. The number of hydrogen-bond donors (Lipinski definition) is 0. The number of hydrogen-bond acceptors (Lipinski definition) is 6. The van der Waals surface area contributed by atoms with Gasteiger partial charge in [-0.3, -0.25) is 14.1 Å². The van der Waals surface area contributed by atoms with Crippen LogP contribution in [-0.2, 0) is 18.4 Å². The number of benzene rings is 1. The number of aryl methyl sites for hydroxylation is 1. The fourth-order valence-electron chi connectivity index (χ4n) is 5.28. The van der Waals surface area contributed by atoms with Crippen molar-refractivity contribution in [2.45, 2.75) is 32.9 Å². The van der Waals surface area contributed by atoms with Crippen LogP contribution in [-0.4, -0.2) is 55.5 Å². The molecule has 34 heavy (non-hydrogen) atoms. The maximum Gasteiger partial charge on any atom is 0.330 e. The standard InChI is InChI=1S/C26H30N6O2/c1-16(2)32-24-22-11-17(5-7-23(22)28-29-25(24)30(3)26(32)33)18-4-6-21(27-12-18)15-34-9-8-31-13-19-10-20(19)14-31/h4-7,11-12,16,19-20H,8-10,13-15H2,1-3H3. The summed E-state index contributed by atoms with van der Waals surface area (Å²) in [5.74, 6) is 1.93. The van der Waals surface area contributed by atoms with Crippen LogP contribution in [0.3, 0.4) is 0 Å². The highest BCUT2D eigenvalue weighted by Crippen LogP contribution is 2.44. The highest BCUT2D eigenvalue weighted by molar-refractivity contribution is 6.02. The predicted octanol–water partition coefficient (Wildman–Crippen LogP) is 3.39. The number of nitrogens with zero attached hydrogens (tertiary/aromatic N) is 6. The van der Waals surface area contributed by atoms with Crippen molar-refractivity contribution < 1.29 is 4.74 Å². The van der Waals surface area contributed by atoms with Crippen LogP contribution in [0.5, 0.6) is 0 Å². The number of likely N-dealkylation sites (tertiary alicyclic amines) is 1. The van der Waals surface area contributed by atoms with Gasteiger partial charge in [0.15, 0.2) is 5.65 Å². The number of piperidine rings is 1. The number of imidazole rings is 1. The zero-order chi connectivity index (χ0) is 23.4. The summed E-state index contributed by atoms with van der Waals surface area (Å²) < 4.78 is 9.24. The van der Waals surface area contributed by atoms with Crippen molar-refractivity contribution in [3.8, 4) is 11.1 Å². The number of ether oxygens (including phenoxy) is 1. The molecule has 0 amide bonds. The van der Waals surface area contributed by atoms with Crippen LogP contribution in [0.1, 0.15) is 32.0 Å². The molecule has 1 saturated carbocycles. The summed E-state index contributed by atoms with van der Waals surface area (Å²) in [5.41, 5.74) is 5.08. The molecule has 8 nitrogen and oxygen atoms in total. The fourth-order valence-corrected chi connectivity index (χ4v) is 5.28. The molecule has 2 aliphatic rings. The molecule has 4 aromatic rings. The lowest BCUT2D eigenvalue weighted by molar-refractivity contribution is 0.0941. The van der Waals surface area contributed by atoms with Crippen molar-refractivity contribution in [2.24, 2.45) is 18.9 Å². The van der Waals surface area contributed by atoms with Crippen LogP contribution in [0, 0.1) is 11.8 Å². The SMILES string of the molecule is CC(C)n1c(=O)n(C)c2nnc3ccc(-c4ccc(COCCN5CC6CC6C5)nc4)cc3c21. The summed E-state index contributed by atoms with van der Waals surface area (Å²) in [4.78, 5) is 19.9. The van der Waals surface area contributed by atoms with Gasteiger partial charge in [-0.2, -0.15) is 0 Å². The van der Waals surface area contributed by atoms with Gasteiger partial charge in [0.25, 0.3) is 0 Å². The van der Waals surface area contributed by atoms with E-state index in [0.29, 0.717) is 12.3 Å². The van der Waals surface area contributed by atoms with Crippen molar-refractivity contribution in [3.63, 3.8) is 0 Å². The number of pyridine rings is 1. The van der Waals surface area contributed by atoms with Gasteiger partial charge in [-0.05, 0) is 55.9 Å². The van der Waals surface area contributed by atoms with Crippen LogP contribution >= 0.6 is 0 Å². The van der Waals surface area contributed by atoms with Crippen LogP contribution in [0.2, 0.25) is 0 Å². The number of fused-ring (bicyclic) bond motifs is 4. The average Bonchev–Trinajstić information content (AvgIpc) is 3.36. The first-order valence-corrected chi connectivity index (χ1v) is 12.1. The Morgan fingerprint density at radius 2 is 1.88 bits per heavy atom. The largest absolute Gasteiger partial charge is 0.374 e. The maximum atomic E-state index is 12.8. The molecule has 1 aliphatic heterocycles. The van der Waals surface area contributed by atoms with Crippen molar-refractivity contribution in [2.75, 3.05) is 26.2 Å². The third kappa shape index (κ3) is 3.71. The molecule has 0 bridgehead atoms. The zero-order valence-electron chi connectivity index (χ0n) is 19.9. The average molecular weight is 459 g/mol. The summed E-state index contributed by atoms with van der Waals surface area (Å²) in [6.45, 7) is 8.81. The van der Waals surface area contributed by atoms with Crippen LogP contribution in [0.4, 0.5) is 0 Å². The van der Waals surface area contributed by atoms with Gasteiger partial charge in [-0.15, -0.1) is 10.2 Å². The molecule has 2 fully saturated rings. The van der Waals surface area contributed by atoms with Gasteiger partial charge in [0.05, 0.1) is 24.4 Å². The molecule has 176 valence electrons. The molecule has 2 atom stereocenters. The van der Waals surface area contributed by atoms with Gasteiger partial charge in [0.2, 0.25) is 0 Å². The third-order valence-electron chi connectivity index (χ3n) is 7.30. The van der Waals surface area contributed by atoms with Crippen LogP contribution < -0.4 is 5.69 Å². The molecule has 0 radical (unpaired) electrons. The summed E-state index contributed by atoms with van der Waals surface area (Å²) in [6, 6.07) is 10.2. The molecule has 2 unspecified atom stereocenters. The highest BCUT2D eigenvalue weighted by atomic mass is 16.5. The first-order chi connectivity index (χ1) is 16.5. The van der Waals surface area contributed by atoms with Gasteiger partial charge >= 0.3 is 5.69 Å². The van der Waals surface area contributed by atoms with E-state index >= 15 is 0 Å². The predicted molar refractivity (Wildman–Crippen MR) is 132 cm³/mol. The maximum absolute atomic E-state index is 12.8. The topological polar surface area (TPSA) is 78.1 Å². The molecule has 0 spiro atoms. The Balaban J connectivity index is 1.21. The van der Waals surface area contributed by atoms with E-state index in [4.69, 9.17) is 4.74 Å². The summed E-state index contributed by atoms with van der Waals surface area (Å²) >= 11 is 0. The van der Waals surface area contributed by atoms with Crippen molar-refractivity contribution in [3.05, 3.63) is 52.7 Å². The minimum Gasteiger partial charge on any atom is -0.374 e. The van der Waals surface area contributed by atoms with E-state index in [-0.39, 0.29) is 11.7 Å².